The molecule has 1 amide bonds. The molecular formula is C26H27ClN2O. The maximum Gasteiger partial charge on any atom is 0.251 e. The molecule has 3 aromatic rings. The number of rotatable bonds is 5. The van der Waals surface area contributed by atoms with Gasteiger partial charge in [0, 0.05) is 36.3 Å². The highest BCUT2D eigenvalue weighted by molar-refractivity contribution is 6.30. The summed E-state index contributed by atoms with van der Waals surface area (Å²) in [5, 5.41) is 3.75. The zero-order valence-corrected chi connectivity index (χ0v) is 18.0. The van der Waals surface area contributed by atoms with Crippen molar-refractivity contribution in [1.29, 1.82) is 0 Å². The zero-order valence-electron chi connectivity index (χ0n) is 17.3. The van der Waals surface area contributed by atoms with E-state index in [-0.39, 0.29) is 11.9 Å². The van der Waals surface area contributed by atoms with Crippen LogP contribution in [0.15, 0.2) is 72.8 Å². The van der Waals surface area contributed by atoms with Gasteiger partial charge in [0.05, 0.1) is 0 Å². The van der Waals surface area contributed by atoms with Crippen LogP contribution in [-0.4, -0.2) is 29.9 Å². The number of nitrogens with one attached hydrogen (secondary N) is 1. The smallest absolute Gasteiger partial charge is 0.251 e. The molecular weight excluding hydrogens is 392 g/mol. The van der Waals surface area contributed by atoms with Crippen LogP contribution in [0.5, 0.6) is 0 Å². The van der Waals surface area contributed by atoms with Gasteiger partial charge < -0.3 is 5.32 Å². The molecule has 0 atom stereocenters. The van der Waals surface area contributed by atoms with E-state index < -0.39 is 0 Å². The second-order valence-corrected chi connectivity index (χ2v) is 8.54. The first-order valence-electron chi connectivity index (χ1n) is 10.5. The lowest BCUT2D eigenvalue weighted by molar-refractivity contribution is 0.0909. The van der Waals surface area contributed by atoms with Gasteiger partial charge in [0.25, 0.3) is 5.91 Å². The number of aryl methyl sites for hydroxylation is 1. The summed E-state index contributed by atoms with van der Waals surface area (Å²) in [5.41, 5.74) is 5.76. The number of hydrogen-bond acceptors (Lipinski definition) is 2. The van der Waals surface area contributed by atoms with Crippen LogP contribution >= 0.6 is 11.6 Å². The second kappa shape index (κ2) is 9.46. The SMILES string of the molecule is Cc1cccc(-c2cccc(CN3CCC(NC(=O)c4cccc(Cl)c4)CC3)c2)c1. The molecule has 154 valence electrons. The Labute approximate surface area is 183 Å². The lowest BCUT2D eigenvalue weighted by atomic mass is 10.00. The van der Waals surface area contributed by atoms with E-state index in [0.29, 0.717) is 10.6 Å². The van der Waals surface area contributed by atoms with Crippen molar-refractivity contribution in [2.24, 2.45) is 0 Å². The highest BCUT2D eigenvalue weighted by Gasteiger charge is 2.21. The maximum atomic E-state index is 12.5. The van der Waals surface area contributed by atoms with Crippen LogP contribution in [0.2, 0.25) is 5.02 Å². The van der Waals surface area contributed by atoms with Crippen molar-refractivity contribution in [2.75, 3.05) is 13.1 Å². The van der Waals surface area contributed by atoms with E-state index in [1.807, 2.05) is 6.07 Å². The molecule has 3 nitrogen and oxygen atoms in total. The number of hydrogen-bond donors (Lipinski definition) is 1. The van der Waals surface area contributed by atoms with E-state index in [1.165, 1.54) is 22.3 Å². The Morgan fingerprint density at radius 2 is 1.67 bits per heavy atom. The molecule has 0 radical (unpaired) electrons. The van der Waals surface area contributed by atoms with Gasteiger partial charge in [-0.05, 0) is 60.7 Å². The first-order valence-corrected chi connectivity index (χ1v) is 10.9. The monoisotopic (exact) mass is 418 g/mol. The summed E-state index contributed by atoms with van der Waals surface area (Å²) in [4.78, 5) is 14.9. The number of likely N-dealkylation sites (tertiary alicyclic amines) is 1. The number of benzene rings is 3. The van der Waals surface area contributed by atoms with Crippen molar-refractivity contribution < 1.29 is 4.79 Å². The standard InChI is InChI=1S/C26H27ClN2O/c1-19-5-2-7-21(15-19)22-8-3-6-20(16-22)18-29-13-11-25(12-14-29)28-26(30)23-9-4-10-24(27)17-23/h2-10,15-17,25H,11-14,18H2,1H3,(H,28,30). The predicted molar refractivity (Wildman–Crippen MR) is 124 cm³/mol. The number of carbonyl (C=O) groups is 1. The number of halogens is 1. The number of amides is 1. The van der Waals surface area contributed by atoms with Crippen molar-refractivity contribution in [3.63, 3.8) is 0 Å². The molecule has 1 heterocycles. The van der Waals surface area contributed by atoms with Crippen molar-refractivity contribution in [3.8, 4) is 11.1 Å². The van der Waals surface area contributed by atoms with Crippen LogP contribution in [0.1, 0.15) is 34.3 Å². The summed E-state index contributed by atoms with van der Waals surface area (Å²) in [6.07, 6.45) is 1.92. The Morgan fingerprint density at radius 1 is 0.967 bits per heavy atom. The van der Waals surface area contributed by atoms with Crippen LogP contribution in [0, 0.1) is 6.92 Å². The van der Waals surface area contributed by atoms with E-state index in [1.54, 1.807) is 18.2 Å². The highest BCUT2D eigenvalue weighted by Crippen LogP contribution is 2.23. The van der Waals surface area contributed by atoms with Gasteiger partial charge >= 0.3 is 0 Å². The molecule has 1 fully saturated rings. The Kier molecular flexibility index (Phi) is 6.51. The molecule has 0 saturated carbocycles. The van der Waals surface area contributed by atoms with Gasteiger partial charge in [-0.3, -0.25) is 9.69 Å². The van der Waals surface area contributed by atoms with Crippen LogP contribution in [0.3, 0.4) is 0 Å². The summed E-state index contributed by atoms with van der Waals surface area (Å²) in [6.45, 7) is 5.03. The third-order valence-electron chi connectivity index (χ3n) is 5.69. The zero-order chi connectivity index (χ0) is 20.9. The number of piperidine rings is 1. The van der Waals surface area contributed by atoms with Gasteiger partial charge in [0.2, 0.25) is 0 Å². The molecule has 0 unspecified atom stereocenters. The van der Waals surface area contributed by atoms with E-state index in [4.69, 9.17) is 11.6 Å². The van der Waals surface area contributed by atoms with E-state index in [9.17, 15) is 4.79 Å². The fraction of sp³-hybridized carbons (Fsp3) is 0.269. The lowest BCUT2D eigenvalue weighted by Gasteiger charge is -2.32. The summed E-state index contributed by atoms with van der Waals surface area (Å²) in [5.74, 6) is -0.0400. The second-order valence-electron chi connectivity index (χ2n) is 8.10. The Morgan fingerprint density at radius 3 is 2.40 bits per heavy atom. The van der Waals surface area contributed by atoms with Crippen LogP contribution in [-0.2, 0) is 6.54 Å². The topological polar surface area (TPSA) is 32.3 Å². The van der Waals surface area contributed by atoms with Gasteiger partial charge in [-0.2, -0.15) is 0 Å². The molecule has 0 bridgehead atoms. The summed E-state index contributed by atoms with van der Waals surface area (Å²) < 4.78 is 0. The van der Waals surface area contributed by atoms with Gasteiger partial charge in [-0.1, -0.05) is 65.7 Å². The number of carbonyl (C=O) groups excluding carboxylic acids is 1. The van der Waals surface area contributed by atoms with Crippen LogP contribution < -0.4 is 5.32 Å². The molecule has 0 spiro atoms. The molecule has 1 aliphatic rings. The largest absolute Gasteiger partial charge is 0.349 e. The van der Waals surface area contributed by atoms with Crippen LogP contribution in [0.4, 0.5) is 0 Å². The molecule has 1 N–H and O–H groups in total. The van der Waals surface area contributed by atoms with Crippen LogP contribution in [0.25, 0.3) is 11.1 Å². The molecule has 4 heteroatoms. The van der Waals surface area contributed by atoms with Crippen molar-refractivity contribution >= 4 is 17.5 Å². The van der Waals surface area contributed by atoms with Crippen molar-refractivity contribution in [3.05, 3.63) is 94.5 Å². The van der Waals surface area contributed by atoms with Crippen molar-refractivity contribution in [2.45, 2.75) is 32.4 Å². The minimum atomic E-state index is -0.0400. The average Bonchev–Trinajstić information content (AvgIpc) is 2.75. The van der Waals surface area contributed by atoms with Gasteiger partial charge in [-0.25, -0.2) is 0 Å². The maximum absolute atomic E-state index is 12.5. The first-order chi connectivity index (χ1) is 14.6. The van der Waals surface area contributed by atoms with Gasteiger partial charge in [0.15, 0.2) is 0 Å². The van der Waals surface area contributed by atoms with Gasteiger partial charge in [0.1, 0.15) is 0 Å². The molecule has 30 heavy (non-hydrogen) atoms. The Hall–Kier alpha value is -2.62. The molecule has 0 aliphatic carbocycles. The third-order valence-corrected chi connectivity index (χ3v) is 5.93. The molecule has 4 rings (SSSR count). The summed E-state index contributed by atoms with van der Waals surface area (Å²) in [6, 6.07) is 24.8. The van der Waals surface area contributed by atoms with E-state index in [0.717, 1.165) is 32.5 Å². The molecule has 1 saturated heterocycles. The third kappa shape index (κ3) is 5.29. The number of nitrogens with zero attached hydrogens (tertiary/aromatic N) is 1. The van der Waals surface area contributed by atoms with E-state index in [2.05, 4.69) is 65.7 Å². The Balaban J connectivity index is 1.32. The fourth-order valence-corrected chi connectivity index (χ4v) is 4.26. The molecule has 1 aliphatic heterocycles. The quantitative estimate of drug-likeness (QED) is 0.575. The lowest BCUT2D eigenvalue weighted by Crippen LogP contribution is -2.44. The first kappa shape index (κ1) is 20.6. The minimum Gasteiger partial charge on any atom is -0.349 e. The summed E-state index contributed by atoms with van der Waals surface area (Å²) in [7, 11) is 0. The normalized spacial score (nSPS) is 15.1. The van der Waals surface area contributed by atoms with Crippen molar-refractivity contribution in [1.82, 2.24) is 10.2 Å². The average molecular weight is 419 g/mol. The Bertz CT molecular complexity index is 1020. The minimum absolute atomic E-state index is 0.0400. The molecule has 3 aromatic carbocycles. The highest BCUT2D eigenvalue weighted by atomic mass is 35.5. The summed E-state index contributed by atoms with van der Waals surface area (Å²) >= 11 is 6.00. The molecule has 0 aromatic heterocycles. The fourth-order valence-electron chi connectivity index (χ4n) is 4.07. The van der Waals surface area contributed by atoms with Gasteiger partial charge in [-0.15, -0.1) is 0 Å². The predicted octanol–water partition coefficient (Wildman–Crippen LogP) is 5.71. The van der Waals surface area contributed by atoms with E-state index >= 15 is 0 Å².